The van der Waals surface area contributed by atoms with Crippen LogP contribution in [0.5, 0.6) is 0 Å². The standard InChI is InChI=1S/C9H16N/c1-3-9-4-2-8(1)5-6-10-7-9/h8-9H,1-7H2. The van der Waals surface area contributed by atoms with Crippen molar-refractivity contribution in [2.75, 3.05) is 13.1 Å². The number of rotatable bonds is 0. The Morgan fingerprint density at radius 2 is 1.50 bits per heavy atom. The third kappa shape index (κ3) is 1.34. The summed E-state index contributed by atoms with van der Waals surface area (Å²) in [6.07, 6.45) is 7.31. The molecule has 1 aliphatic carbocycles. The molecular weight excluding hydrogens is 122 g/mol. The summed E-state index contributed by atoms with van der Waals surface area (Å²) in [5.74, 6) is 2.01. The van der Waals surface area contributed by atoms with Crippen LogP contribution in [-0.4, -0.2) is 13.1 Å². The van der Waals surface area contributed by atoms with Crippen molar-refractivity contribution in [3.8, 4) is 0 Å². The van der Waals surface area contributed by atoms with Crippen LogP contribution >= 0.6 is 0 Å². The van der Waals surface area contributed by atoms with Gasteiger partial charge in [-0.1, -0.05) is 12.8 Å². The van der Waals surface area contributed by atoms with Crippen LogP contribution in [0.2, 0.25) is 0 Å². The van der Waals surface area contributed by atoms with Gasteiger partial charge in [0.25, 0.3) is 0 Å². The second-order valence-electron chi connectivity index (χ2n) is 3.81. The quantitative estimate of drug-likeness (QED) is 0.484. The summed E-state index contributed by atoms with van der Waals surface area (Å²) < 4.78 is 0. The van der Waals surface area contributed by atoms with E-state index in [1.807, 2.05) is 0 Å². The molecule has 0 N–H and O–H groups in total. The molecule has 0 aromatic rings. The van der Waals surface area contributed by atoms with Crippen LogP contribution in [0.15, 0.2) is 0 Å². The SMILES string of the molecule is C1CC2CCC(CC2)C[N]1. The topological polar surface area (TPSA) is 14.1 Å². The molecule has 0 unspecified atom stereocenters. The van der Waals surface area contributed by atoms with Crippen molar-refractivity contribution in [3.63, 3.8) is 0 Å². The molecule has 3 fully saturated rings. The van der Waals surface area contributed by atoms with Gasteiger partial charge in [-0.2, -0.15) is 0 Å². The second-order valence-corrected chi connectivity index (χ2v) is 3.81. The maximum absolute atomic E-state index is 4.51. The molecule has 2 bridgehead atoms. The highest BCUT2D eigenvalue weighted by atomic mass is 14.9. The van der Waals surface area contributed by atoms with Gasteiger partial charge in [-0.3, -0.25) is 0 Å². The molecule has 57 valence electrons. The van der Waals surface area contributed by atoms with E-state index in [4.69, 9.17) is 0 Å². The second kappa shape index (κ2) is 2.91. The molecule has 0 aromatic heterocycles. The van der Waals surface area contributed by atoms with Gasteiger partial charge in [-0.15, -0.1) is 0 Å². The molecule has 1 saturated carbocycles. The zero-order valence-corrected chi connectivity index (χ0v) is 6.55. The van der Waals surface area contributed by atoms with E-state index >= 15 is 0 Å². The smallest absolute Gasteiger partial charge is 0.0161 e. The molecule has 1 heteroatoms. The fourth-order valence-corrected chi connectivity index (χ4v) is 2.25. The highest BCUT2D eigenvalue weighted by Gasteiger charge is 2.23. The van der Waals surface area contributed by atoms with Crippen molar-refractivity contribution in [1.82, 2.24) is 5.32 Å². The van der Waals surface area contributed by atoms with Gasteiger partial charge in [0.05, 0.1) is 0 Å². The predicted molar refractivity (Wildman–Crippen MR) is 41.9 cm³/mol. The van der Waals surface area contributed by atoms with E-state index in [0.29, 0.717) is 0 Å². The lowest BCUT2D eigenvalue weighted by Gasteiger charge is -2.31. The normalized spacial score (nSPS) is 40.8. The molecule has 2 saturated heterocycles. The van der Waals surface area contributed by atoms with Gasteiger partial charge in [0.15, 0.2) is 0 Å². The summed E-state index contributed by atoms with van der Waals surface area (Å²) in [6.45, 7) is 2.33. The average Bonchev–Trinajstić information content (AvgIpc) is 1.89. The molecule has 0 aromatic carbocycles. The van der Waals surface area contributed by atoms with Crippen LogP contribution in [-0.2, 0) is 0 Å². The lowest BCUT2D eigenvalue weighted by atomic mass is 9.79. The molecular formula is C9H16N. The molecule has 0 atom stereocenters. The Morgan fingerprint density at radius 1 is 0.800 bits per heavy atom. The van der Waals surface area contributed by atoms with E-state index in [9.17, 15) is 0 Å². The monoisotopic (exact) mass is 138 g/mol. The van der Waals surface area contributed by atoms with Crippen LogP contribution in [0.3, 0.4) is 0 Å². The summed E-state index contributed by atoms with van der Waals surface area (Å²) in [4.78, 5) is 0. The minimum absolute atomic E-state index is 0.969. The number of fused-ring (bicyclic) bond motifs is 5. The molecule has 3 aliphatic rings. The number of hydrogen-bond acceptors (Lipinski definition) is 0. The van der Waals surface area contributed by atoms with Crippen molar-refractivity contribution < 1.29 is 0 Å². The van der Waals surface area contributed by atoms with E-state index in [2.05, 4.69) is 5.32 Å². The maximum atomic E-state index is 4.51. The third-order valence-corrected chi connectivity index (χ3v) is 3.05. The van der Waals surface area contributed by atoms with Crippen molar-refractivity contribution in [2.45, 2.75) is 32.1 Å². The van der Waals surface area contributed by atoms with Gasteiger partial charge in [0.2, 0.25) is 0 Å². The summed E-state index contributed by atoms with van der Waals surface area (Å²) in [5, 5.41) is 4.51. The Morgan fingerprint density at radius 3 is 2.30 bits per heavy atom. The van der Waals surface area contributed by atoms with E-state index in [-0.39, 0.29) is 0 Å². The van der Waals surface area contributed by atoms with E-state index < -0.39 is 0 Å². The van der Waals surface area contributed by atoms with Crippen LogP contribution in [0.1, 0.15) is 32.1 Å². The van der Waals surface area contributed by atoms with Crippen molar-refractivity contribution in [2.24, 2.45) is 11.8 Å². The summed E-state index contributed by atoms with van der Waals surface area (Å²) in [7, 11) is 0. The summed E-state index contributed by atoms with van der Waals surface area (Å²) >= 11 is 0. The van der Waals surface area contributed by atoms with Crippen molar-refractivity contribution in [1.29, 1.82) is 0 Å². The number of nitrogens with zero attached hydrogens (tertiary/aromatic N) is 1. The Labute approximate surface area is 63.2 Å². The zero-order chi connectivity index (χ0) is 6.81. The van der Waals surface area contributed by atoms with Crippen LogP contribution in [0.25, 0.3) is 0 Å². The van der Waals surface area contributed by atoms with Gasteiger partial charge in [0, 0.05) is 13.1 Å². The molecule has 1 radical (unpaired) electrons. The van der Waals surface area contributed by atoms with Gasteiger partial charge in [-0.25, -0.2) is 5.32 Å². The highest BCUT2D eigenvalue weighted by molar-refractivity contribution is 4.77. The summed E-state index contributed by atoms with van der Waals surface area (Å²) in [5.41, 5.74) is 0. The van der Waals surface area contributed by atoms with Crippen LogP contribution in [0, 0.1) is 11.8 Å². The van der Waals surface area contributed by atoms with Crippen LogP contribution in [0.4, 0.5) is 0 Å². The first-order valence-corrected chi connectivity index (χ1v) is 4.58. The lowest BCUT2D eigenvalue weighted by Crippen LogP contribution is -2.28. The average molecular weight is 138 g/mol. The van der Waals surface area contributed by atoms with Gasteiger partial charge >= 0.3 is 0 Å². The first-order chi connectivity index (χ1) is 4.95. The molecule has 0 spiro atoms. The molecule has 2 aliphatic heterocycles. The minimum Gasteiger partial charge on any atom is -0.241 e. The van der Waals surface area contributed by atoms with Gasteiger partial charge in [-0.05, 0) is 31.1 Å². The van der Waals surface area contributed by atoms with E-state index in [0.717, 1.165) is 18.4 Å². The first-order valence-electron chi connectivity index (χ1n) is 4.58. The van der Waals surface area contributed by atoms with Crippen molar-refractivity contribution >= 4 is 0 Å². The first kappa shape index (κ1) is 6.66. The fourth-order valence-electron chi connectivity index (χ4n) is 2.25. The number of hydrogen-bond donors (Lipinski definition) is 0. The minimum atomic E-state index is 0.969. The van der Waals surface area contributed by atoms with E-state index in [1.165, 1.54) is 38.6 Å². The largest absolute Gasteiger partial charge is 0.241 e. The Kier molecular flexibility index (Phi) is 1.94. The summed E-state index contributed by atoms with van der Waals surface area (Å²) in [6, 6.07) is 0. The third-order valence-electron chi connectivity index (χ3n) is 3.05. The molecule has 1 nitrogen and oxygen atoms in total. The predicted octanol–water partition coefficient (Wildman–Crippen LogP) is 1.80. The fraction of sp³-hybridized carbons (Fsp3) is 1.00. The Balaban J connectivity index is 1.94. The molecule has 0 amide bonds. The zero-order valence-electron chi connectivity index (χ0n) is 6.55. The Bertz CT molecular complexity index is 83.8. The van der Waals surface area contributed by atoms with Gasteiger partial charge in [0.1, 0.15) is 0 Å². The molecule has 2 heterocycles. The van der Waals surface area contributed by atoms with E-state index in [1.54, 1.807) is 0 Å². The van der Waals surface area contributed by atoms with Crippen molar-refractivity contribution in [3.05, 3.63) is 0 Å². The van der Waals surface area contributed by atoms with Crippen LogP contribution < -0.4 is 5.32 Å². The molecule has 3 rings (SSSR count). The molecule has 10 heavy (non-hydrogen) atoms. The Hall–Kier alpha value is -0.0400. The highest BCUT2D eigenvalue weighted by Crippen LogP contribution is 2.31. The maximum Gasteiger partial charge on any atom is 0.0161 e. The van der Waals surface area contributed by atoms with Gasteiger partial charge < -0.3 is 0 Å². The lowest BCUT2D eigenvalue weighted by molar-refractivity contribution is 0.227.